The highest BCUT2D eigenvalue weighted by atomic mass is 32.2. The van der Waals surface area contributed by atoms with Gasteiger partial charge in [0.05, 0.1) is 0 Å². The van der Waals surface area contributed by atoms with Crippen LogP contribution in [0.5, 0.6) is 0 Å². The third-order valence-corrected chi connectivity index (χ3v) is 5.09. The van der Waals surface area contributed by atoms with Crippen molar-refractivity contribution in [2.75, 3.05) is 18.5 Å². The zero-order valence-electron chi connectivity index (χ0n) is 16.6. The minimum Gasteiger partial charge on any atom is -0.455 e. The SMILES string of the molecule is Cc1ccc(/C=C/S(=O)(=O)NCC(=O)OCC(=O)Nc2c(C)cccc2C)cc1. The molecule has 0 fully saturated rings. The summed E-state index contributed by atoms with van der Waals surface area (Å²) in [6, 6.07) is 12.9. The van der Waals surface area contributed by atoms with Gasteiger partial charge in [-0.15, -0.1) is 0 Å². The fourth-order valence-electron chi connectivity index (χ4n) is 2.44. The zero-order valence-corrected chi connectivity index (χ0v) is 17.4. The Kier molecular flexibility index (Phi) is 7.69. The van der Waals surface area contributed by atoms with Gasteiger partial charge in [0, 0.05) is 11.1 Å². The van der Waals surface area contributed by atoms with Gasteiger partial charge < -0.3 is 10.1 Å². The Bertz CT molecular complexity index is 992. The molecule has 0 saturated heterocycles. The number of aryl methyl sites for hydroxylation is 3. The van der Waals surface area contributed by atoms with Crippen molar-refractivity contribution in [3.05, 3.63) is 70.1 Å². The van der Waals surface area contributed by atoms with Crippen molar-refractivity contribution in [1.82, 2.24) is 4.72 Å². The molecule has 0 spiro atoms. The molecule has 0 aromatic heterocycles. The molecular weight excluding hydrogens is 392 g/mol. The van der Waals surface area contributed by atoms with E-state index in [1.165, 1.54) is 6.08 Å². The minimum atomic E-state index is -3.82. The van der Waals surface area contributed by atoms with E-state index in [-0.39, 0.29) is 0 Å². The summed E-state index contributed by atoms with van der Waals surface area (Å²) >= 11 is 0. The summed E-state index contributed by atoms with van der Waals surface area (Å²) < 4.78 is 30.8. The maximum atomic E-state index is 12.0. The van der Waals surface area contributed by atoms with Gasteiger partial charge in [-0.25, -0.2) is 13.1 Å². The number of para-hydroxylation sites is 1. The van der Waals surface area contributed by atoms with E-state index in [1.807, 2.05) is 51.1 Å². The molecule has 7 nitrogen and oxygen atoms in total. The number of esters is 1. The van der Waals surface area contributed by atoms with Crippen LogP contribution in [-0.2, 0) is 24.3 Å². The third-order valence-electron chi connectivity index (χ3n) is 4.04. The number of amides is 1. The van der Waals surface area contributed by atoms with E-state index in [0.717, 1.165) is 22.1 Å². The number of nitrogens with one attached hydrogen (secondary N) is 2. The quantitative estimate of drug-likeness (QED) is 0.644. The van der Waals surface area contributed by atoms with Gasteiger partial charge >= 0.3 is 5.97 Å². The second kappa shape index (κ2) is 9.99. The van der Waals surface area contributed by atoms with E-state index in [0.29, 0.717) is 11.3 Å². The van der Waals surface area contributed by atoms with Crippen molar-refractivity contribution in [3.63, 3.8) is 0 Å². The monoisotopic (exact) mass is 416 g/mol. The van der Waals surface area contributed by atoms with Crippen LogP contribution in [-0.4, -0.2) is 33.4 Å². The number of carbonyl (C=O) groups excluding carboxylic acids is 2. The highest BCUT2D eigenvalue weighted by Crippen LogP contribution is 2.19. The van der Waals surface area contributed by atoms with Crippen molar-refractivity contribution >= 4 is 33.7 Å². The molecule has 0 aliphatic rings. The summed E-state index contributed by atoms with van der Waals surface area (Å²) in [4.78, 5) is 23.7. The lowest BCUT2D eigenvalue weighted by molar-refractivity contribution is -0.146. The van der Waals surface area contributed by atoms with E-state index in [4.69, 9.17) is 4.74 Å². The molecule has 1 amide bonds. The molecule has 2 rings (SSSR count). The van der Waals surface area contributed by atoms with Crippen LogP contribution < -0.4 is 10.0 Å². The van der Waals surface area contributed by atoms with E-state index in [2.05, 4.69) is 10.0 Å². The summed E-state index contributed by atoms with van der Waals surface area (Å²) in [6.07, 6.45) is 1.42. The summed E-state index contributed by atoms with van der Waals surface area (Å²) in [7, 11) is -3.82. The van der Waals surface area contributed by atoms with E-state index in [9.17, 15) is 18.0 Å². The molecule has 0 atom stereocenters. The second-order valence-corrected chi connectivity index (χ2v) is 8.21. The third kappa shape index (κ3) is 7.52. The second-order valence-electron chi connectivity index (χ2n) is 6.56. The fourth-order valence-corrected chi connectivity index (χ4v) is 3.19. The van der Waals surface area contributed by atoms with Gasteiger partial charge in [-0.2, -0.15) is 0 Å². The van der Waals surface area contributed by atoms with Crippen LogP contribution in [0.15, 0.2) is 47.9 Å². The highest BCUT2D eigenvalue weighted by Gasteiger charge is 2.13. The molecule has 0 heterocycles. The van der Waals surface area contributed by atoms with E-state index < -0.39 is 35.1 Å². The number of ether oxygens (including phenoxy) is 1. The summed E-state index contributed by atoms with van der Waals surface area (Å²) in [5, 5.41) is 3.65. The van der Waals surface area contributed by atoms with Crippen LogP contribution >= 0.6 is 0 Å². The topological polar surface area (TPSA) is 102 Å². The molecule has 0 bridgehead atoms. The van der Waals surface area contributed by atoms with Crippen molar-refractivity contribution < 1.29 is 22.7 Å². The Balaban J connectivity index is 1.80. The van der Waals surface area contributed by atoms with Gasteiger partial charge in [-0.1, -0.05) is 48.0 Å². The predicted octanol–water partition coefficient (Wildman–Crippen LogP) is 2.68. The Morgan fingerprint density at radius 1 is 1.00 bits per heavy atom. The zero-order chi connectivity index (χ0) is 21.4. The summed E-state index contributed by atoms with van der Waals surface area (Å²) in [5.74, 6) is -1.35. The van der Waals surface area contributed by atoms with E-state index >= 15 is 0 Å². The first kappa shape index (κ1) is 22.3. The summed E-state index contributed by atoms with van der Waals surface area (Å²) in [5.41, 5.74) is 4.21. The van der Waals surface area contributed by atoms with Gasteiger partial charge in [-0.05, 0) is 43.5 Å². The number of benzene rings is 2. The van der Waals surface area contributed by atoms with Crippen molar-refractivity contribution in [3.8, 4) is 0 Å². The first-order chi connectivity index (χ1) is 13.7. The maximum Gasteiger partial charge on any atom is 0.321 e. The average molecular weight is 416 g/mol. The van der Waals surface area contributed by atoms with Crippen LogP contribution in [0.2, 0.25) is 0 Å². The van der Waals surface area contributed by atoms with Gasteiger partial charge in [0.2, 0.25) is 10.0 Å². The Morgan fingerprint density at radius 2 is 1.62 bits per heavy atom. The smallest absolute Gasteiger partial charge is 0.321 e. The van der Waals surface area contributed by atoms with E-state index in [1.54, 1.807) is 12.1 Å². The molecule has 0 unspecified atom stereocenters. The van der Waals surface area contributed by atoms with Crippen molar-refractivity contribution in [2.24, 2.45) is 0 Å². The van der Waals surface area contributed by atoms with Crippen molar-refractivity contribution in [2.45, 2.75) is 20.8 Å². The first-order valence-electron chi connectivity index (χ1n) is 8.92. The number of hydrogen-bond acceptors (Lipinski definition) is 5. The van der Waals surface area contributed by atoms with Crippen molar-refractivity contribution in [1.29, 1.82) is 0 Å². The predicted molar refractivity (Wildman–Crippen MR) is 113 cm³/mol. The molecule has 0 aliphatic heterocycles. The lowest BCUT2D eigenvalue weighted by Crippen LogP contribution is -2.31. The lowest BCUT2D eigenvalue weighted by atomic mass is 10.1. The minimum absolute atomic E-state index is 0.502. The van der Waals surface area contributed by atoms with Crippen LogP contribution in [0, 0.1) is 20.8 Å². The normalized spacial score (nSPS) is 11.4. The molecule has 0 radical (unpaired) electrons. The van der Waals surface area contributed by atoms with Crippen LogP contribution in [0.1, 0.15) is 22.3 Å². The van der Waals surface area contributed by atoms with Gasteiger partial charge in [0.25, 0.3) is 5.91 Å². The summed E-state index contributed by atoms with van der Waals surface area (Å²) in [6.45, 7) is 4.56. The maximum absolute atomic E-state index is 12.0. The Morgan fingerprint density at radius 3 is 2.24 bits per heavy atom. The first-order valence-corrected chi connectivity index (χ1v) is 10.5. The molecule has 8 heteroatoms. The molecule has 0 aliphatic carbocycles. The lowest BCUT2D eigenvalue weighted by Gasteiger charge is -2.11. The molecule has 154 valence electrons. The Hall–Kier alpha value is -2.97. The number of carbonyl (C=O) groups is 2. The highest BCUT2D eigenvalue weighted by molar-refractivity contribution is 7.92. The van der Waals surface area contributed by atoms with Crippen LogP contribution in [0.25, 0.3) is 6.08 Å². The fraction of sp³-hybridized carbons (Fsp3) is 0.238. The molecular formula is C21H24N2O5S. The number of hydrogen-bond donors (Lipinski definition) is 2. The van der Waals surface area contributed by atoms with Crippen LogP contribution in [0.3, 0.4) is 0 Å². The van der Waals surface area contributed by atoms with Crippen LogP contribution in [0.4, 0.5) is 5.69 Å². The molecule has 2 aromatic rings. The van der Waals surface area contributed by atoms with Gasteiger partial charge in [-0.3, -0.25) is 9.59 Å². The average Bonchev–Trinajstić information content (AvgIpc) is 2.67. The standard InChI is InChI=1S/C21H24N2O5S/c1-15-7-9-18(10-8-15)11-12-29(26,27)22-13-20(25)28-14-19(24)23-21-16(2)5-4-6-17(21)3/h4-12,22H,13-14H2,1-3H3,(H,23,24)/b12-11+. The molecule has 2 N–H and O–H groups in total. The molecule has 2 aromatic carbocycles. The molecule has 29 heavy (non-hydrogen) atoms. The number of rotatable bonds is 8. The number of anilines is 1. The number of sulfonamides is 1. The van der Waals surface area contributed by atoms with Gasteiger partial charge in [0.15, 0.2) is 6.61 Å². The van der Waals surface area contributed by atoms with Gasteiger partial charge in [0.1, 0.15) is 6.54 Å². The Labute approximate surface area is 170 Å². The largest absolute Gasteiger partial charge is 0.455 e. The molecule has 0 saturated carbocycles.